The Bertz CT molecular complexity index is 219. The molecule has 0 saturated heterocycles. The maximum absolute atomic E-state index is 2.48. The van der Waals surface area contributed by atoms with E-state index in [9.17, 15) is 0 Å². The van der Waals surface area contributed by atoms with Crippen molar-refractivity contribution in [2.24, 2.45) is 22.2 Å². The van der Waals surface area contributed by atoms with Gasteiger partial charge in [0.1, 0.15) is 0 Å². The highest BCUT2D eigenvalue weighted by molar-refractivity contribution is 5.12. The van der Waals surface area contributed by atoms with Crippen molar-refractivity contribution < 1.29 is 0 Å². The average molecular weight is 210 g/mol. The molecule has 0 heteroatoms. The van der Waals surface area contributed by atoms with Gasteiger partial charge in [-0.1, -0.05) is 61.3 Å². The van der Waals surface area contributed by atoms with E-state index in [2.05, 4.69) is 48.5 Å². The molecular formula is C15H30. The van der Waals surface area contributed by atoms with Crippen molar-refractivity contribution >= 4 is 0 Å². The fourth-order valence-corrected chi connectivity index (χ4v) is 3.72. The summed E-state index contributed by atoms with van der Waals surface area (Å²) in [5.74, 6) is 0.900. The largest absolute Gasteiger partial charge is 0.0654 e. The Kier molecular flexibility index (Phi) is 3.30. The molecule has 1 saturated carbocycles. The predicted octanol–water partition coefficient (Wildman–Crippen LogP) is 5.28. The van der Waals surface area contributed by atoms with Crippen LogP contribution in [0.5, 0.6) is 0 Å². The molecular weight excluding hydrogens is 180 g/mol. The van der Waals surface area contributed by atoms with Gasteiger partial charge < -0.3 is 0 Å². The molecule has 0 heterocycles. The molecule has 0 N–H and O–H groups in total. The molecule has 2 atom stereocenters. The standard InChI is InChI=1S/C15H30/c1-8-9-12(2)15(10-13(3,4)5)11-14(15,6)7/h12H,8-11H2,1-7H3. The van der Waals surface area contributed by atoms with Gasteiger partial charge in [-0.25, -0.2) is 0 Å². The lowest BCUT2D eigenvalue weighted by Crippen LogP contribution is -2.25. The van der Waals surface area contributed by atoms with E-state index in [4.69, 9.17) is 0 Å². The van der Waals surface area contributed by atoms with Crippen LogP contribution in [0.15, 0.2) is 0 Å². The molecule has 0 nitrogen and oxygen atoms in total. The minimum Gasteiger partial charge on any atom is -0.0654 e. The van der Waals surface area contributed by atoms with Gasteiger partial charge in [-0.15, -0.1) is 0 Å². The monoisotopic (exact) mass is 210 g/mol. The molecule has 0 amide bonds. The van der Waals surface area contributed by atoms with Crippen molar-refractivity contribution in [1.82, 2.24) is 0 Å². The second-order valence-electron chi connectivity index (χ2n) is 7.64. The molecule has 1 aliphatic carbocycles. The van der Waals surface area contributed by atoms with Crippen LogP contribution in [0.25, 0.3) is 0 Å². The summed E-state index contributed by atoms with van der Waals surface area (Å²) in [5.41, 5.74) is 1.71. The second kappa shape index (κ2) is 3.79. The summed E-state index contributed by atoms with van der Waals surface area (Å²) in [5, 5.41) is 0. The zero-order chi connectivity index (χ0) is 11.9. The second-order valence-corrected chi connectivity index (χ2v) is 7.64. The normalized spacial score (nSPS) is 31.4. The van der Waals surface area contributed by atoms with E-state index in [-0.39, 0.29) is 0 Å². The van der Waals surface area contributed by atoms with Gasteiger partial charge in [-0.3, -0.25) is 0 Å². The minimum absolute atomic E-state index is 0.482. The lowest BCUT2D eigenvalue weighted by molar-refractivity contribution is 0.160. The quantitative estimate of drug-likeness (QED) is 0.592. The highest BCUT2D eigenvalue weighted by atomic mass is 14.7. The summed E-state index contributed by atoms with van der Waals surface area (Å²) in [6.45, 7) is 16.9. The van der Waals surface area contributed by atoms with Crippen molar-refractivity contribution in [3.63, 3.8) is 0 Å². The lowest BCUT2D eigenvalue weighted by atomic mass is 9.71. The third-order valence-corrected chi connectivity index (χ3v) is 4.49. The number of hydrogen-bond donors (Lipinski definition) is 0. The van der Waals surface area contributed by atoms with Crippen molar-refractivity contribution in [3.8, 4) is 0 Å². The van der Waals surface area contributed by atoms with Gasteiger partial charge in [0.15, 0.2) is 0 Å². The van der Waals surface area contributed by atoms with Gasteiger partial charge in [-0.05, 0) is 35.0 Å². The van der Waals surface area contributed by atoms with Crippen molar-refractivity contribution in [2.75, 3.05) is 0 Å². The van der Waals surface area contributed by atoms with E-state index in [0.717, 1.165) is 5.92 Å². The molecule has 90 valence electrons. The summed E-state index contributed by atoms with van der Waals surface area (Å²) >= 11 is 0. The Hall–Kier alpha value is 0. The van der Waals surface area contributed by atoms with Gasteiger partial charge in [0, 0.05) is 0 Å². The molecule has 0 bridgehead atoms. The average Bonchev–Trinajstić information content (AvgIpc) is 2.51. The zero-order valence-corrected chi connectivity index (χ0v) is 11.9. The molecule has 0 spiro atoms. The third kappa shape index (κ3) is 2.57. The fraction of sp³-hybridized carbons (Fsp3) is 1.00. The molecule has 1 fully saturated rings. The highest BCUT2D eigenvalue weighted by Crippen LogP contribution is 2.72. The first-order chi connectivity index (χ1) is 6.65. The van der Waals surface area contributed by atoms with Crippen LogP contribution in [0.3, 0.4) is 0 Å². The maximum atomic E-state index is 2.48. The van der Waals surface area contributed by atoms with E-state index in [1.54, 1.807) is 0 Å². The van der Waals surface area contributed by atoms with Gasteiger partial charge >= 0.3 is 0 Å². The Labute approximate surface area is 96.8 Å². The topological polar surface area (TPSA) is 0 Å². The third-order valence-electron chi connectivity index (χ3n) is 4.49. The van der Waals surface area contributed by atoms with Crippen LogP contribution in [0.2, 0.25) is 0 Å². The summed E-state index contributed by atoms with van der Waals surface area (Å²) < 4.78 is 0. The van der Waals surface area contributed by atoms with E-state index in [0.29, 0.717) is 16.2 Å². The van der Waals surface area contributed by atoms with Crippen LogP contribution in [0, 0.1) is 22.2 Å². The fourth-order valence-electron chi connectivity index (χ4n) is 3.72. The minimum atomic E-state index is 0.482. The molecule has 1 rings (SSSR count). The zero-order valence-electron chi connectivity index (χ0n) is 11.9. The molecule has 0 aromatic heterocycles. The van der Waals surface area contributed by atoms with Gasteiger partial charge in [0.25, 0.3) is 0 Å². The molecule has 0 aliphatic heterocycles. The van der Waals surface area contributed by atoms with Gasteiger partial charge in [0.2, 0.25) is 0 Å². The van der Waals surface area contributed by atoms with E-state index >= 15 is 0 Å². The van der Waals surface area contributed by atoms with Crippen molar-refractivity contribution in [3.05, 3.63) is 0 Å². The summed E-state index contributed by atoms with van der Waals surface area (Å²) in [6, 6.07) is 0. The van der Waals surface area contributed by atoms with Crippen LogP contribution in [-0.4, -0.2) is 0 Å². The van der Waals surface area contributed by atoms with Crippen molar-refractivity contribution in [2.45, 2.75) is 74.1 Å². The predicted molar refractivity (Wildman–Crippen MR) is 69.0 cm³/mol. The van der Waals surface area contributed by atoms with Gasteiger partial charge in [-0.2, -0.15) is 0 Å². The van der Waals surface area contributed by atoms with Crippen molar-refractivity contribution in [1.29, 1.82) is 0 Å². The van der Waals surface area contributed by atoms with E-state index in [1.165, 1.54) is 25.7 Å². The molecule has 0 aromatic carbocycles. The van der Waals surface area contributed by atoms with Crippen LogP contribution in [0.4, 0.5) is 0 Å². The first kappa shape index (κ1) is 13.1. The van der Waals surface area contributed by atoms with Gasteiger partial charge in [0.05, 0.1) is 0 Å². The molecule has 0 radical (unpaired) electrons. The highest BCUT2D eigenvalue weighted by Gasteiger charge is 2.63. The maximum Gasteiger partial charge on any atom is -0.0210 e. The van der Waals surface area contributed by atoms with Crippen LogP contribution in [-0.2, 0) is 0 Å². The summed E-state index contributed by atoms with van der Waals surface area (Å²) in [6.07, 6.45) is 5.58. The van der Waals surface area contributed by atoms with E-state index < -0.39 is 0 Å². The van der Waals surface area contributed by atoms with Crippen LogP contribution < -0.4 is 0 Å². The number of hydrogen-bond acceptors (Lipinski definition) is 0. The number of rotatable bonds is 4. The molecule has 1 aliphatic rings. The van der Waals surface area contributed by atoms with Crippen LogP contribution >= 0.6 is 0 Å². The first-order valence-electron chi connectivity index (χ1n) is 6.65. The Balaban J connectivity index is 2.75. The van der Waals surface area contributed by atoms with E-state index in [1.807, 2.05) is 0 Å². The smallest absolute Gasteiger partial charge is 0.0210 e. The molecule has 0 aromatic rings. The lowest BCUT2D eigenvalue weighted by Gasteiger charge is -2.34. The van der Waals surface area contributed by atoms with Crippen LogP contribution in [0.1, 0.15) is 74.1 Å². The Morgan fingerprint density at radius 3 is 1.93 bits per heavy atom. The molecule has 2 unspecified atom stereocenters. The molecule has 15 heavy (non-hydrogen) atoms. The first-order valence-corrected chi connectivity index (χ1v) is 6.65. The Morgan fingerprint density at radius 1 is 1.20 bits per heavy atom. The Morgan fingerprint density at radius 2 is 1.67 bits per heavy atom. The summed E-state index contributed by atoms with van der Waals surface area (Å²) in [7, 11) is 0. The SMILES string of the molecule is CCCC(C)C1(CC(C)(C)C)CC1(C)C. The summed E-state index contributed by atoms with van der Waals surface area (Å²) in [4.78, 5) is 0.